The molecule has 0 bridgehead atoms. The highest BCUT2D eigenvalue weighted by Crippen LogP contribution is 2.20. The third-order valence-corrected chi connectivity index (χ3v) is 3.10. The molecule has 94 valence electrons. The van der Waals surface area contributed by atoms with E-state index in [1.807, 2.05) is 6.07 Å². The van der Waals surface area contributed by atoms with Gasteiger partial charge in [-0.2, -0.15) is 5.26 Å². The van der Waals surface area contributed by atoms with E-state index in [2.05, 4.69) is 21.2 Å². The molecule has 0 fully saturated rings. The number of benzene rings is 2. The molecule has 0 aliphatic carbocycles. The van der Waals surface area contributed by atoms with Crippen LogP contribution in [0.2, 0.25) is 0 Å². The Labute approximate surface area is 117 Å². The van der Waals surface area contributed by atoms with Crippen LogP contribution in [0.3, 0.4) is 0 Å². The third-order valence-electron chi connectivity index (χ3n) is 2.49. The lowest BCUT2D eigenvalue weighted by Crippen LogP contribution is -2.14. The number of hydrogen-bond acceptors (Lipinski definition) is 2. The second-order valence-electron chi connectivity index (χ2n) is 3.71. The molecule has 2 aromatic rings. The van der Waals surface area contributed by atoms with E-state index < -0.39 is 11.7 Å². The molecule has 1 amide bonds. The maximum absolute atomic E-state index is 13.8. The summed E-state index contributed by atoms with van der Waals surface area (Å²) in [4.78, 5) is 12.0. The Morgan fingerprint density at radius 1 is 1.21 bits per heavy atom. The van der Waals surface area contributed by atoms with Gasteiger partial charge in [-0.3, -0.25) is 4.79 Å². The van der Waals surface area contributed by atoms with Crippen molar-refractivity contribution in [3.63, 3.8) is 0 Å². The molecule has 1 N–H and O–H groups in total. The Morgan fingerprint density at radius 2 is 1.95 bits per heavy atom. The number of nitrogens with zero attached hydrogens (tertiary/aromatic N) is 1. The highest BCUT2D eigenvalue weighted by Gasteiger charge is 2.15. The summed E-state index contributed by atoms with van der Waals surface area (Å²) < 4.78 is 14.0. The van der Waals surface area contributed by atoms with E-state index in [4.69, 9.17) is 5.26 Å². The zero-order chi connectivity index (χ0) is 13.8. The Kier molecular flexibility index (Phi) is 3.93. The van der Waals surface area contributed by atoms with Crippen LogP contribution in [0.15, 0.2) is 46.9 Å². The molecule has 0 aliphatic rings. The average Bonchev–Trinajstić information content (AvgIpc) is 2.42. The zero-order valence-electron chi connectivity index (χ0n) is 9.65. The fraction of sp³-hybridized carbons (Fsp3) is 0. The normalized spacial score (nSPS) is 9.74. The maximum Gasteiger partial charge on any atom is 0.258 e. The van der Waals surface area contributed by atoms with Crippen LogP contribution >= 0.6 is 15.9 Å². The minimum Gasteiger partial charge on any atom is -0.321 e. The summed E-state index contributed by atoms with van der Waals surface area (Å²) in [7, 11) is 0. The number of carbonyl (C=O) groups excluding carboxylic acids is 1. The van der Waals surface area contributed by atoms with E-state index in [1.165, 1.54) is 12.1 Å². The van der Waals surface area contributed by atoms with Crippen molar-refractivity contribution in [1.29, 1.82) is 5.26 Å². The van der Waals surface area contributed by atoms with Crippen molar-refractivity contribution in [3.05, 3.63) is 63.9 Å². The molecule has 3 nitrogen and oxygen atoms in total. The van der Waals surface area contributed by atoms with Crippen LogP contribution in [0.1, 0.15) is 15.9 Å². The first-order valence-electron chi connectivity index (χ1n) is 5.38. The monoisotopic (exact) mass is 318 g/mol. The van der Waals surface area contributed by atoms with E-state index >= 15 is 0 Å². The number of hydrogen-bond donors (Lipinski definition) is 1. The molecular formula is C14H8BrFN2O. The second-order valence-corrected chi connectivity index (χ2v) is 4.57. The van der Waals surface area contributed by atoms with Gasteiger partial charge in [0.1, 0.15) is 11.9 Å². The number of amides is 1. The summed E-state index contributed by atoms with van der Waals surface area (Å²) in [5.41, 5.74) is 0.600. The average molecular weight is 319 g/mol. The fourth-order valence-electron chi connectivity index (χ4n) is 1.56. The van der Waals surface area contributed by atoms with Crippen molar-refractivity contribution in [3.8, 4) is 6.07 Å². The molecule has 0 radical (unpaired) electrons. The van der Waals surface area contributed by atoms with Gasteiger partial charge in [0.25, 0.3) is 5.91 Å². The lowest BCUT2D eigenvalue weighted by Gasteiger charge is -2.08. The standard InChI is InChI=1S/C14H8BrFN2O/c15-11-6-3-5-10(13(11)16)14(19)18-12-7-2-1-4-9(12)8-17/h1-7H,(H,18,19). The molecule has 0 aliphatic heterocycles. The maximum atomic E-state index is 13.8. The van der Waals surface area contributed by atoms with Gasteiger partial charge in [-0.15, -0.1) is 0 Å². The third kappa shape index (κ3) is 2.80. The number of halogens is 2. The molecular weight excluding hydrogens is 311 g/mol. The van der Waals surface area contributed by atoms with Crippen molar-refractivity contribution in [1.82, 2.24) is 0 Å². The first kappa shape index (κ1) is 13.2. The first-order valence-corrected chi connectivity index (χ1v) is 6.17. The van der Waals surface area contributed by atoms with Gasteiger partial charge in [-0.25, -0.2) is 4.39 Å². The minimum atomic E-state index is -0.630. The van der Waals surface area contributed by atoms with E-state index in [-0.39, 0.29) is 10.0 Å². The SMILES string of the molecule is N#Cc1ccccc1NC(=O)c1cccc(Br)c1F. The van der Waals surface area contributed by atoms with E-state index in [0.29, 0.717) is 11.3 Å². The lowest BCUT2D eigenvalue weighted by atomic mass is 10.1. The van der Waals surface area contributed by atoms with E-state index in [9.17, 15) is 9.18 Å². The molecule has 5 heteroatoms. The topological polar surface area (TPSA) is 52.9 Å². The Morgan fingerprint density at radius 3 is 2.68 bits per heavy atom. The highest BCUT2D eigenvalue weighted by molar-refractivity contribution is 9.10. The molecule has 0 saturated carbocycles. The smallest absolute Gasteiger partial charge is 0.258 e. The number of para-hydroxylation sites is 1. The van der Waals surface area contributed by atoms with Crippen LogP contribution in [0.5, 0.6) is 0 Å². The number of nitriles is 1. The quantitative estimate of drug-likeness (QED) is 0.917. The van der Waals surface area contributed by atoms with E-state index in [0.717, 1.165) is 0 Å². The van der Waals surface area contributed by atoms with Gasteiger partial charge in [0.05, 0.1) is 21.3 Å². The van der Waals surface area contributed by atoms with Gasteiger partial charge in [0.15, 0.2) is 0 Å². The van der Waals surface area contributed by atoms with Crippen molar-refractivity contribution >= 4 is 27.5 Å². The van der Waals surface area contributed by atoms with Crippen LogP contribution in [0.25, 0.3) is 0 Å². The lowest BCUT2D eigenvalue weighted by molar-refractivity contribution is 0.102. The Balaban J connectivity index is 2.32. The molecule has 0 spiro atoms. The first-order chi connectivity index (χ1) is 9.13. The van der Waals surface area contributed by atoms with Crippen LogP contribution < -0.4 is 5.32 Å². The predicted octanol–water partition coefficient (Wildman–Crippen LogP) is 3.71. The van der Waals surface area contributed by atoms with E-state index in [1.54, 1.807) is 30.3 Å². The Bertz CT molecular complexity index is 679. The summed E-state index contributed by atoms with van der Waals surface area (Å²) in [5.74, 6) is -1.23. The summed E-state index contributed by atoms with van der Waals surface area (Å²) in [6, 6.07) is 13.0. The molecule has 0 atom stereocenters. The highest BCUT2D eigenvalue weighted by atomic mass is 79.9. The van der Waals surface area contributed by atoms with Crippen LogP contribution in [-0.4, -0.2) is 5.91 Å². The second kappa shape index (κ2) is 5.63. The van der Waals surface area contributed by atoms with Crippen LogP contribution in [0, 0.1) is 17.1 Å². The number of rotatable bonds is 2. The molecule has 2 aromatic carbocycles. The van der Waals surface area contributed by atoms with Crippen molar-refractivity contribution in [2.75, 3.05) is 5.32 Å². The molecule has 2 rings (SSSR count). The van der Waals surface area contributed by atoms with Gasteiger partial charge in [-0.05, 0) is 40.2 Å². The summed E-state index contributed by atoms with van der Waals surface area (Å²) in [6.45, 7) is 0. The molecule has 0 saturated heterocycles. The number of anilines is 1. The zero-order valence-corrected chi connectivity index (χ0v) is 11.2. The molecule has 19 heavy (non-hydrogen) atoms. The van der Waals surface area contributed by atoms with Crippen LogP contribution in [-0.2, 0) is 0 Å². The van der Waals surface area contributed by atoms with Crippen LogP contribution in [0.4, 0.5) is 10.1 Å². The van der Waals surface area contributed by atoms with Crippen molar-refractivity contribution in [2.24, 2.45) is 0 Å². The van der Waals surface area contributed by atoms with Gasteiger partial charge in [0.2, 0.25) is 0 Å². The van der Waals surface area contributed by atoms with Gasteiger partial charge < -0.3 is 5.32 Å². The largest absolute Gasteiger partial charge is 0.321 e. The van der Waals surface area contributed by atoms with Crippen molar-refractivity contribution in [2.45, 2.75) is 0 Å². The molecule has 0 aromatic heterocycles. The summed E-state index contributed by atoms with van der Waals surface area (Å²) >= 11 is 3.02. The van der Waals surface area contributed by atoms with Gasteiger partial charge in [-0.1, -0.05) is 18.2 Å². The molecule has 0 heterocycles. The van der Waals surface area contributed by atoms with Gasteiger partial charge in [0, 0.05) is 0 Å². The van der Waals surface area contributed by atoms with Gasteiger partial charge >= 0.3 is 0 Å². The number of nitrogens with one attached hydrogen (secondary N) is 1. The number of carbonyl (C=O) groups is 1. The van der Waals surface area contributed by atoms with Crippen molar-refractivity contribution < 1.29 is 9.18 Å². The summed E-state index contributed by atoms with van der Waals surface area (Å²) in [5, 5.41) is 11.4. The minimum absolute atomic E-state index is 0.0814. The fourth-order valence-corrected chi connectivity index (χ4v) is 1.92. The molecule has 0 unspecified atom stereocenters. The summed E-state index contributed by atoms with van der Waals surface area (Å²) in [6.07, 6.45) is 0. The predicted molar refractivity (Wildman–Crippen MR) is 73.2 cm³/mol. The Hall–Kier alpha value is -2.19.